The molecule has 0 N–H and O–H groups in total. The minimum atomic E-state index is 0.650. The van der Waals surface area contributed by atoms with Crippen LogP contribution in [0.5, 0.6) is 0 Å². The smallest absolute Gasteiger partial charge is 0.0986 e. The third-order valence-electron chi connectivity index (χ3n) is 2.49. The SMILES string of the molecule is CCC(=Cn1ccnc1)c1ccc(Cl)cc1Cl. The minimum absolute atomic E-state index is 0.650. The molecule has 0 unspecified atom stereocenters. The maximum absolute atomic E-state index is 6.19. The van der Waals surface area contributed by atoms with Crippen LogP contribution in [0.2, 0.25) is 10.0 Å². The van der Waals surface area contributed by atoms with E-state index in [1.54, 1.807) is 18.6 Å². The Morgan fingerprint density at radius 1 is 1.41 bits per heavy atom. The summed E-state index contributed by atoms with van der Waals surface area (Å²) < 4.78 is 1.91. The zero-order valence-corrected chi connectivity index (χ0v) is 10.9. The van der Waals surface area contributed by atoms with Crippen molar-refractivity contribution in [1.29, 1.82) is 0 Å². The molecule has 88 valence electrons. The Labute approximate surface area is 111 Å². The minimum Gasteiger partial charge on any atom is -0.313 e. The van der Waals surface area contributed by atoms with E-state index in [0.717, 1.165) is 17.6 Å². The predicted molar refractivity (Wildman–Crippen MR) is 73.1 cm³/mol. The van der Waals surface area contributed by atoms with E-state index in [2.05, 4.69) is 11.9 Å². The number of halogens is 2. The molecule has 0 atom stereocenters. The molecular formula is C13H12Cl2N2. The summed E-state index contributed by atoms with van der Waals surface area (Å²) in [5, 5.41) is 1.32. The Hall–Kier alpha value is -1.25. The number of allylic oxidation sites excluding steroid dienone is 1. The molecule has 2 rings (SSSR count). The maximum Gasteiger partial charge on any atom is 0.0986 e. The summed E-state index contributed by atoms with van der Waals surface area (Å²) in [6, 6.07) is 5.55. The zero-order valence-electron chi connectivity index (χ0n) is 9.40. The lowest BCUT2D eigenvalue weighted by atomic mass is 10.0. The third kappa shape index (κ3) is 2.90. The van der Waals surface area contributed by atoms with Gasteiger partial charge in [0, 0.05) is 28.6 Å². The fourth-order valence-corrected chi connectivity index (χ4v) is 2.16. The van der Waals surface area contributed by atoms with Crippen LogP contribution in [0.3, 0.4) is 0 Å². The molecule has 0 radical (unpaired) electrons. The Morgan fingerprint density at radius 2 is 2.24 bits per heavy atom. The van der Waals surface area contributed by atoms with Crippen molar-refractivity contribution in [2.75, 3.05) is 0 Å². The molecule has 0 aliphatic carbocycles. The molecule has 0 spiro atoms. The van der Waals surface area contributed by atoms with Crippen LogP contribution in [0.4, 0.5) is 0 Å². The van der Waals surface area contributed by atoms with Gasteiger partial charge in [0.2, 0.25) is 0 Å². The number of hydrogen-bond donors (Lipinski definition) is 0. The summed E-state index contributed by atoms with van der Waals surface area (Å²) in [7, 11) is 0. The molecule has 0 fully saturated rings. The van der Waals surface area contributed by atoms with Crippen LogP contribution in [0, 0.1) is 0 Å². The van der Waals surface area contributed by atoms with Crippen molar-refractivity contribution in [3.63, 3.8) is 0 Å². The van der Waals surface area contributed by atoms with Gasteiger partial charge in [-0.05, 0) is 29.7 Å². The summed E-state index contributed by atoms with van der Waals surface area (Å²) in [5.41, 5.74) is 2.15. The lowest BCUT2D eigenvalue weighted by Gasteiger charge is -2.08. The molecule has 0 aliphatic heterocycles. The van der Waals surface area contributed by atoms with E-state index in [9.17, 15) is 0 Å². The molecular weight excluding hydrogens is 255 g/mol. The first kappa shape index (κ1) is 12.2. The van der Waals surface area contributed by atoms with Crippen LogP contribution in [-0.4, -0.2) is 9.55 Å². The molecule has 0 saturated heterocycles. The molecule has 2 nitrogen and oxygen atoms in total. The van der Waals surface area contributed by atoms with E-state index in [0.29, 0.717) is 10.0 Å². The number of aromatic nitrogens is 2. The monoisotopic (exact) mass is 266 g/mol. The lowest BCUT2D eigenvalue weighted by Crippen LogP contribution is -1.89. The first-order valence-corrected chi connectivity index (χ1v) is 6.10. The van der Waals surface area contributed by atoms with Crippen LogP contribution in [-0.2, 0) is 0 Å². The van der Waals surface area contributed by atoms with Crippen LogP contribution >= 0.6 is 23.2 Å². The molecule has 0 bridgehead atoms. The van der Waals surface area contributed by atoms with Crippen LogP contribution < -0.4 is 0 Å². The van der Waals surface area contributed by atoms with Crippen molar-refractivity contribution < 1.29 is 0 Å². The van der Waals surface area contributed by atoms with Gasteiger partial charge < -0.3 is 4.57 Å². The fraction of sp³-hybridized carbons (Fsp3) is 0.154. The molecule has 0 amide bonds. The van der Waals surface area contributed by atoms with Gasteiger partial charge in [0.15, 0.2) is 0 Å². The Balaban J connectivity index is 2.42. The number of nitrogens with zero attached hydrogens (tertiary/aromatic N) is 2. The summed E-state index contributed by atoms with van der Waals surface area (Å²) in [6.07, 6.45) is 8.29. The van der Waals surface area contributed by atoms with E-state index >= 15 is 0 Å². The highest BCUT2D eigenvalue weighted by molar-refractivity contribution is 6.35. The van der Waals surface area contributed by atoms with Gasteiger partial charge in [-0.1, -0.05) is 36.2 Å². The normalized spacial score (nSPS) is 11.8. The lowest BCUT2D eigenvalue weighted by molar-refractivity contribution is 1.12. The predicted octanol–water partition coefficient (Wildman–Crippen LogP) is 4.60. The van der Waals surface area contributed by atoms with Gasteiger partial charge >= 0.3 is 0 Å². The van der Waals surface area contributed by atoms with Crippen molar-refractivity contribution >= 4 is 35.0 Å². The largest absolute Gasteiger partial charge is 0.313 e. The molecule has 17 heavy (non-hydrogen) atoms. The first-order valence-electron chi connectivity index (χ1n) is 5.34. The number of rotatable bonds is 3. The standard InChI is InChI=1S/C13H12Cl2N2/c1-2-10(8-17-6-5-16-9-17)12-4-3-11(14)7-13(12)15/h3-9H,2H2,1H3. The van der Waals surface area contributed by atoms with E-state index in [4.69, 9.17) is 23.2 Å². The maximum atomic E-state index is 6.19. The zero-order chi connectivity index (χ0) is 12.3. The topological polar surface area (TPSA) is 17.8 Å². The Morgan fingerprint density at radius 3 is 2.82 bits per heavy atom. The van der Waals surface area contributed by atoms with Gasteiger partial charge in [-0.2, -0.15) is 0 Å². The number of hydrogen-bond acceptors (Lipinski definition) is 1. The third-order valence-corrected chi connectivity index (χ3v) is 3.04. The van der Waals surface area contributed by atoms with Gasteiger partial charge in [-0.3, -0.25) is 0 Å². The molecule has 1 aromatic heterocycles. The summed E-state index contributed by atoms with van der Waals surface area (Å²) in [6.45, 7) is 2.09. The fourth-order valence-electron chi connectivity index (χ4n) is 1.63. The summed E-state index contributed by atoms with van der Waals surface area (Å²) >= 11 is 12.1. The van der Waals surface area contributed by atoms with E-state index in [1.807, 2.05) is 29.1 Å². The second-order valence-electron chi connectivity index (χ2n) is 3.64. The van der Waals surface area contributed by atoms with E-state index < -0.39 is 0 Å². The van der Waals surface area contributed by atoms with E-state index in [-0.39, 0.29) is 0 Å². The highest BCUT2D eigenvalue weighted by atomic mass is 35.5. The van der Waals surface area contributed by atoms with Gasteiger partial charge in [0.05, 0.1) is 6.33 Å². The Kier molecular flexibility index (Phi) is 3.87. The average molecular weight is 267 g/mol. The van der Waals surface area contributed by atoms with E-state index in [1.165, 1.54) is 0 Å². The highest BCUT2D eigenvalue weighted by Gasteiger charge is 2.05. The van der Waals surface area contributed by atoms with Crippen LogP contribution in [0.25, 0.3) is 11.8 Å². The summed E-state index contributed by atoms with van der Waals surface area (Å²) in [4.78, 5) is 4.00. The molecule has 1 heterocycles. The van der Waals surface area contributed by atoms with Crippen molar-refractivity contribution in [2.45, 2.75) is 13.3 Å². The van der Waals surface area contributed by atoms with Gasteiger partial charge in [-0.25, -0.2) is 4.98 Å². The van der Waals surface area contributed by atoms with Gasteiger partial charge in [0.1, 0.15) is 0 Å². The Bertz CT molecular complexity index is 530. The molecule has 1 aromatic carbocycles. The second-order valence-corrected chi connectivity index (χ2v) is 4.49. The van der Waals surface area contributed by atoms with Gasteiger partial charge in [-0.15, -0.1) is 0 Å². The average Bonchev–Trinajstić information content (AvgIpc) is 2.79. The molecule has 0 saturated carbocycles. The van der Waals surface area contributed by atoms with Gasteiger partial charge in [0.25, 0.3) is 0 Å². The first-order chi connectivity index (χ1) is 8.20. The number of benzene rings is 1. The molecule has 0 aliphatic rings. The van der Waals surface area contributed by atoms with Crippen molar-refractivity contribution in [3.8, 4) is 0 Å². The molecule has 2 aromatic rings. The highest BCUT2D eigenvalue weighted by Crippen LogP contribution is 2.29. The second kappa shape index (κ2) is 5.39. The summed E-state index contributed by atoms with van der Waals surface area (Å²) in [5.74, 6) is 0. The number of imidazole rings is 1. The molecule has 4 heteroatoms. The van der Waals surface area contributed by atoms with Crippen LogP contribution in [0.15, 0.2) is 36.9 Å². The van der Waals surface area contributed by atoms with Crippen molar-refractivity contribution in [3.05, 3.63) is 52.5 Å². The quantitative estimate of drug-likeness (QED) is 0.794. The van der Waals surface area contributed by atoms with Crippen molar-refractivity contribution in [1.82, 2.24) is 9.55 Å². The van der Waals surface area contributed by atoms with Crippen molar-refractivity contribution in [2.24, 2.45) is 0 Å². The van der Waals surface area contributed by atoms with Crippen LogP contribution in [0.1, 0.15) is 18.9 Å².